The fraction of sp³-hybridized carbons (Fsp3) is 0.471. The monoisotopic (exact) mass is 548 g/mol. The van der Waals surface area contributed by atoms with Gasteiger partial charge in [0.05, 0.1) is 6.61 Å². The standard InChI is InChI=1S/C34H52O2Si2/c1-28(19-18-24-35-37(10,11)33(4,5)6)25-29(2)26-30(3)27-36-38(34(7,8)9,31-20-14-12-15-21-31)32-22-16-13-17-23-32/h12-23,25-26,30H,24,27H2,1-11H3/b19-18+,28-25-,29-26-/t30-/m0/s1. The van der Waals surface area contributed by atoms with Crippen molar-refractivity contribution in [2.75, 3.05) is 13.2 Å². The zero-order valence-corrected chi connectivity index (χ0v) is 27.9. The first-order valence-corrected chi connectivity index (χ1v) is 18.8. The van der Waals surface area contributed by atoms with E-state index in [0.717, 1.165) is 0 Å². The van der Waals surface area contributed by atoms with Gasteiger partial charge in [-0.3, -0.25) is 0 Å². The van der Waals surface area contributed by atoms with Gasteiger partial charge in [-0.25, -0.2) is 0 Å². The molecule has 0 unspecified atom stereocenters. The van der Waals surface area contributed by atoms with Crippen LogP contribution in [0.4, 0.5) is 0 Å². The Morgan fingerprint density at radius 1 is 0.763 bits per heavy atom. The van der Waals surface area contributed by atoms with Crippen LogP contribution in [0.1, 0.15) is 62.3 Å². The molecular formula is C34H52O2Si2. The van der Waals surface area contributed by atoms with Crippen molar-refractivity contribution >= 4 is 27.0 Å². The van der Waals surface area contributed by atoms with Crippen molar-refractivity contribution in [3.8, 4) is 0 Å². The molecule has 0 aromatic heterocycles. The Kier molecular flexibility index (Phi) is 11.4. The maximum atomic E-state index is 7.12. The minimum absolute atomic E-state index is 0.0119. The molecule has 2 aromatic carbocycles. The van der Waals surface area contributed by atoms with Crippen molar-refractivity contribution in [2.45, 2.75) is 85.5 Å². The van der Waals surface area contributed by atoms with Crippen LogP contribution in [-0.2, 0) is 8.85 Å². The minimum atomic E-state index is -2.51. The first kappa shape index (κ1) is 32.2. The Balaban J connectivity index is 2.17. The molecule has 4 heteroatoms. The van der Waals surface area contributed by atoms with Crippen molar-refractivity contribution in [2.24, 2.45) is 5.92 Å². The summed E-state index contributed by atoms with van der Waals surface area (Å²) in [5, 5.41) is 2.87. The molecule has 1 atom stereocenters. The Labute approximate surface area is 236 Å². The molecule has 0 heterocycles. The molecule has 0 aliphatic rings. The second-order valence-electron chi connectivity index (χ2n) is 13.2. The predicted octanol–water partition coefficient (Wildman–Crippen LogP) is 8.67. The van der Waals surface area contributed by atoms with Gasteiger partial charge >= 0.3 is 0 Å². The van der Waals surface area contributed by atoms with E-state index in [9.17, 15) is 0 Å². The lowest BCUT2D eigenvalue weighted by atomic mass is 10.1. The lowest BCUT2D eigenvalue weighted by molar-refractivity contribution is 0.267. The maximum absolute atomic E-state index is 7.12. The molecule has 0 N–H and O–H groups in total. The van der Waals surface area contributed by atoms with E-state index in [0.29, 0.717) is 19.1 Å². The molecule has 2 rings (SSSR count). The van der Waals surface area contributed by atoms with Crippen molar-refractivity contribution in [3.05, 3.63) is 96.1 Å². The molecule has 2 nitrogen and oxygen atoms in total. The highest BCUT2D eigenvalue weighted by atomic mass is 28.4. The van der Waals surface area contributed by atoms with Crippen LogP contribution in [-0.4, -0.2) is 29.8 Å². The fourth-order valence-corrected chi connectivity index (χ4v) is 10.3. The molecule has 0 saturated heterocycles. The summed E-state index contributed by atoms with van der Waals surface area (Å²) in [6.45, 7) is 26.4. The van der Waals surface area contributed by atoms with E-state index in [1.54, 1.807) is 0 Å². The molecule has 208 valence electrons. The van der Waals surface area contributed by atoms with Crippen LogP contribution < -0.4 is 10.4 Å². The third-order valence-electron chi connectivity index (χ3n) is 7.71. The minimum Gasteiger partial charge on any atom is -0.413 e. The van der Waals surface area contributed by atoms with Gasteiger partial charge in [-0.1, -0.05) is 145 Å². The third kappa shape index (κ3) is 8.51. The average Bonchev–Trinajstić information content (AvgIpc) is 2.82. The molecule has 0 aliphatic heterocycles. The Hall–Kier alpha value is -1.99. The van der Waals surface area contributed by atoms with Gasteiger partial charge in [0.1, 0.15) is 0 Å². The molecule has 2 aromatic rings. The summed E-state index contributed by atoms with van der Waals surface area (Å²) in [6.07, 6.45) is 8.91. The highest BCUT2D eigenvalue weighted by Gasteiger charge is 2.50. The third-order valence-corrected chi connectivity index (χ3v) is 17.2. The smallest absolute Gasteiger partial charge is 0.261 e. The van der Waals surface area contributed by atoms with Gasteiger partial charge < -0.3 is 8.85 Å². The van der Waals surface area contributed by atoms with Gasteiger partial charge in [0.25, 0.3) is 8.32 Å². The summed E-state index contributed by atoms with van der Waals surface area (Å²) in [5.41, 5.74) is 2.49. The van der Waals surface area contributed by atoms with Crippen LogP contribution in [0.5, 0.6) is 0 Å². The average molecular weight is 549 g/mol. The SMILES string of the molecule is CC(=C/[C@H](C)CO[Si](c1ccccc1)(c1ccccc1)C(C)(C)C)/C=C(C)\C=C\CO[Si](C)(C)C(C)(C)C. The second-order valence-corrected chi connectivity index (χ2v) is 22.3. The molecule has 0 radical (unpaired) electrons. The summed E-state index contributed by atoms with van der Waals surface area (Å²) in [6, 6.07) is 21.8. The van der Waals surface area contributed by atoms with Crippen molar-refractivity contribution in [3.63, 3.8) is 0 Å². The molecule has 38 heavy (non-hydrogen) atoms. The summed E-state index contributed by atoms with van der Waals surface area (Å²) in [4.78, 5) is 0. The molecule has 0 spiro atoms. The second kappa shape index (κ2) is 13.4. The zero-order chi connectivity index (χ0) is 28.6. The Bertz CT molecular complexity index is 1050. The van der Waals surface area contributed by atoms with Gasteiger partial charge in [0.15, 0.2) is 8.32 Å². The first-order valence-electron chi connectivity index (χ1n) is 14.0. The number of allylic oxidation sites excluding steroid dienone is 4. The number of hydrogen-bond acceptors (Lipinski definition) is 2. The highest BCUT2D eigenvalue weighted by Crippen LogP contribution is 2.37. The van der Waals surface area contributed by atoms with Gasteiger partial charge in [-0.05, 0) is 53.3 Å². The molecule has 0 bridgehead atoms. The largest absolute Gasteiger partial charge is 0.413 e. The van der Waals surface area contributed by atoms with E-state index in [1.165, 1.54) is 21.5 Å². The van der Waals surface area contributed by atoms with Crippen molar-refractivity contribution in [1.82, 2.24) is 0 Å². The van der Waals surface area contributed by atoms with Gasteiger partial charge in [0.2, 0.25) is 0 Å². The summed E-state index contributed by atoms with van der Waals surface area (Å²) in [7, 11) is -4.22. The molecule has 0 fully saturated rings. The lowest BCUT2D eigenvalue weighted by Crippen LogP contribution is -2.66. The van der Waals surface area contributed by atoms with Crippen LogP contribution in [0.15, 0.2) is 96.1 Å². The maximum Gasteiger partial charge on any atom is 0.261 e. The van der Waals surface area contributed by atoms with Gasteiger partial charge in [0, 0.05) is 6.61 Å². The quantitative estimate of drug-likeness (QED) is 0.207. The van der Waals surface area contributed by atoms with Crippen LogP contribution in [0.25, 0.3) is 0 Å². The molecule has 0 amide bonds. The molecule has 0 aliphatic carbocycles. The molecule has 0 saturated carbocycles. The number of benzene rings is 2. The summed E-state index contributed by atoms with van der Waals surface area (Å²) >= 11 is 0. The topological polar surface area (TPSA) is 18.5 Å². The van der Waals surface area contributed by atoms with E-state index in [-0.39, 0.29) is 10.1 Å². The van der Waals surface area contributed by atoms with E-state index >= 15 is 0 Å². The lowest BCUT2D eigenvalue weighted by Gasteiger charge is -2.43. The zero-order valence-electron chi connectivity index (χ0n) is 25.9. The Morgan fingerprint density at radius 2 is 1.26 bits per heavy atom. The predicted molar refractivity (Wildman–Crippen MR) is 173 cm³/mol. The van der Waals surface area contributed by atoms with Crippen LogP contribution in [0, 0.1) is 5.92 Å². The van der Waals surface area contributed by atoms with Crippen LogP contribution in [0.3, 0.4) is 0 Å². The normalized spacial score (nSPS) is 15.2. The van der Waals surface area contributed by atoms with Gasteiger partial charge in [-0.15, -0.1) is 0 Å². The van der Waals surface area contributed by atoms with Crippen LogP contribution >= 0.6 is 0 Å². The van der Waals surface area contributed by atoms with Crippen LogP contribution in [0.2, 0.25) is 23.2 Å². The number of rotatable bonds is 11. The summed E-state index contributed by atoms with van der Waals surface area (Å²) in [5.74, 6) is 0.298. The van der Waals surface area contributed by atoms with E-state index in [4.69, 9.17) is 8.85 Å². The highest BCUT2D eigenvalue weighted by molar-refractivity contribution is 6.99. The summed E-state index contributed by atoms with van der Waals surface area (Å²) < 4.78 is 13.4. The van der Waals surface area contributed by atoms with Gasteiger partial charge in [-0.2, -0.15) is 0 Å². The van der Waals surface area contributed by atoms with Crippen molar-refractivity contribution < 1.29 is 8.85 Å². The van der Waals surface area contributed by atoms with E-state index in [1.807, 2.05) is 0 Å². The molecular weight excluding hydrogens is 497 g/mol. The number of hydrogen-bond donors (Lipinski definition) is 0. The first-order chi connectivity index (χ1) is 17.6. The van der Waals surface area contributed by atoms with E-state index < -0.39 is 16.6 Å². The van der Waals surface area contributed by atoms with E-state index in [2.05, 4.69) is 160 Å². The fourth-order valence-electron chi connectivity index (χ4n) is 4.68. The van der Waals surface area contributed by atoms with Crippen molar-refractivity contribution in [1.29, 1.82) is 0 Å². The Morgan fingerprint density at radius 3 is 1.71 bits per heavy atom.